The van der Waals surface area contributed by atoms with Gasteiger partial charge in [0, 0.05) is 36.9 Å². The lowest BCUT2D eigenvalue weighted by Crippen LogP contribution is -2.45. The first-order chi connectivity index (χ1) is 11.9. The van der Waals surface area contributed by atoms with Gasteiger partial charge in [0.05, 0.1) is 22.7 Å². The molecule has 1 unspecified atom stereocenters. The summed E-state index contributed by atoms with van der Waals surface area (Å²) in [5, 5.41) is 0. The third-order valence-corrected chi connectivity index (χ3v) is 8.24. The van der Waals surface area contributed by atoms with E-state index in [0.717, 1.165) is 51.0 Å². The zero-order valence-corrected chi connectivity index (χ0v) is 16.6. The van der Waals surface area contributed by atoms with Gasteiger partial charge in [-0.1, -0.05) is 0 Å². The molecule has 1 amide bonds. The van der Waals surface area contributed by atoms with Gasteiger partial charge in [0.15, 0.2) is 9.84 Å². The number of aromatic nitrogens is 1. The molecule has 8 heteroatoms. The van der Waals surface area contributed by atoms with Crippen LogP contribution in [0.3, 0.4) is 0 Å². The maximum atomic E-state index is 12.7. The summed E-state index contributed by atoms with van der Waals surface area (Å²) in [7, 11) is -0.958. The zero-order valence-electron chi connectivity index (χ0n) is 15.0. The summed E-state index contributed by atoms with van der Waals surface area (Å²) in [5.74, 6) is 0.901. The molecule has 0 aromatic carbocycles. The van der Waals surface area contributed by atoms with Crippen LogP contribution in [0.5, 0.6) is 0 Å². The van der Waals surface area contributed by atoms with Gasteiger partial charge in [-0.25, -0.2) is 13.4 Å². The lowest BCUT2D eigenvalue weighted by Gasteiger charge is -2.36. The molecule has 0 spiro atoms. The molecule has 25 heavy (non-hydrogen) atoms. The summed E-state index contributed by atoms with van der Waals surface area (Å²) < 4.78 is 23.3. The Balaban J connectivity index is 1.45. The van der Waals surface area contributed by atoms with E-state index in [9.17, 15) is 13.2 Å². The van der Waals surface area contributed by atoms with Gasteiger partial charge in [0.1, 0.15) is 0 Å². The van der Waals surface area contributed by atoms with Gasteiger partial charge in [-0.2, -0.15) is 0 Å². The molecule has 0 bridgehead atoms. The molecule has 2 aliphatic heterocycles. The van der Waals surface area contributed by atoms with E-state index in [4.69, 9.17) is 0 Å². The smallest absolute Gasteiger partial charge is 0.225 e. The monoisotopic (exact) mass is 385 g/mol. The molecule has 3 heterocycles. The summed E-state index contributed by atoms with van der Waals surface area (Å²) in [6, 6.07) is 0.160. The van der Waals surface area contributed by atoms with Crippen molar-refractivity contribution >= 4 is 27.1 Å². The number of sulfone groups is 1. The van der Waals surface area contributed by atoms with Gasteiger partial charge in [-0.3, -0.25) is 9.69 Å². The number of aryl methyl sites for hydroxylation is 1. The fraction of sp³-hybridized carbons (Fsp3) is 0.765. The highest BCUT2D eigenvalue weighted by Crippen LogP contribution is 2.25. The number of likely N-dealkylation sites (tertiary alicyclic amines) is 1. The molecule has 0 saturated carbocycles. The first-order valence-corrected chi connectivity index (χ1v) is 11.6. The van der Waals surface area contributed by atoms with Gasteiger partial charge >= 0.3 is 0 Å². The molecule has 2 aliphatic rings. The second-order valence-electron chi connectivity index (χ2n) is 7.24. The predicted octanol–water partition coefficient (Wildman–Crippen LogP) is 1.35. The number of hydrogen-bond acceptors (Lipinski definition) is 6. The predicted molar refractivity (Wildman–Crippen MR) is 99.5 cm³/mol. The van der Waals surface area contributed by atoms with Crippen LogP contribution < -0.4 is 0 Å². The van der Waals surface area contributed by atoms with Crippen LogP contribution in [-0.2, 0) is 21.1 Å². The number of nitrogens with zero attached hydrogens (tertiary/aromatic N) is 3. The third-order valence-electron chi connectivity index (χ3n) is 5.50. The summed E-state index contributed by atoms with van der Waals surface area (Å²) in [5.41, 5.74) is 2.91. The van der Waals surface area contributed by atoms with Crippen LogP contribution in [0.2, 0.25) is 0 Å². The standard InChI is InChI=1S/C17H27N3O3S2/c1-13-16(24-12-18-13)5-7-19(2)17(21)14-3-8-20(9-4-14)15-6-10-25(22,23)11-15/h12,14-15H,3-11H2,1-2H3. The summed E-state index contributed by atoms with van der Waals surface area (Å²) in [4.78, 5) is 22.3. The maximum Gasteiger partial charge on any atom is 0.225 e. The maximum absolute atomic E-state index is 12.7. The van der Waals surface area contributed by atoms with Crippen molar-refractivity contribution in [3.8, 4) is 0 Å². The van der Waals surface area contributed by atoms with E-state index in [-0.39, 0.29) is 17.9 Å². The topological polar surface area (TPSA) is 70.6 Å². The average Bonchev–Trinajstić information content (AvgIpc) is 3.17. The Morgan fingerprint density at radius 2 is 2.08 bits per heavy atom. The molecule has 2 saturated heterocycles. The summed E-state index contributed by atoms with van der Waals surface area (Å²) >= 11 is 1.65. The molecule has 0 radical (unpaired) electrons. The number of carbonyl (C=O) groups is 1. The van der Waals surface area contributed by atoms with Crippen molar-refractivity contribution in [3.63, 3.8) is 0 Å². The van der Waals surface area contributed by atoms with Crippen molar-refractivity contribution < 1.29 is 13.2 Å². The Bertz CT molecular complexity index is 708. The first kappa shape index (κ1) is 18.8. The SMILES string of the molecule is Cc1ncsc1CCN(C)C(=O)C1CCN(C2CCS(=O)(=O)C2)CC1. The largest absolute Gasteiger partial charge is 0.345 e. The molecule has 0 aliphatic carbocycles. The molecular weight excluding hydrogens is 358 g/mol. The molecule has 1 atom stereocenters. The van der Waals surface area contributed by atoms with Gasteiger partial charge in [-0.05, 0) is 39.3 Å². The minimum absolute atomic E-state index is 0.0711. The van der Waals surface area contributed by atoms with Gasteiger partial charge in [-0.15, -0.1) is 11.3 Å². The number of rotatable bonds is 5. The van der Waals surface area contributed by atoms with Crippen LogP contribution in [0.1, 0.15) is 29.8 Å². The van der Waals surface area contributed by atoms with Gasteiger partial charge in [0.2, 0.25) is 5.91 Å². The van der Waals surface area contributed by atoms with Crippen LogP contribution in [-0.4, -0.2) is 73.3 Å². The van der Waals surface area contributed by atoms with Crippen molar-refractivity contribution in [1.29, 1.82) is 0 Å². The zero-order chi connectivity index (χ0) is 18.0. The Labute approximate surface area is 154 Å². The Kier molecular flexibility index (Phi) is 5.80. The third kappa shape index (κ3) is 4.60. The van der Waals surface area contributed by atoms with Gasteiger partial charge < -0.3 is 4.90 Å². The molecular formula is C17H27N3O3S2. The van der Waals surface area contributed by atoms with Crippen molar-refractivity contribution in [2.24, 2.45) is 5.92 Å². The van der Waals surface area contributed by atoms with E-state index in [1.807, 2.05) is 24.4 Å². The van der Waals surface area contributed by atoms with Crippen LogP contribution >= 0.6 is 11.3 Å². The lowest BCUT2D eigenvalue weighted by molar-refractivity contribution is -0.135. The summed E-state index contributed by atoms with van der Waals surface area (Å²) in [6.07, 6.45) is 3.27. The minimum Gasteiger partial charge on any atom is -0.345 e. The van der Waals surface area contributed by atoms with Crippen molar-refractivity contribution in [3.05, 3.63) is 16.1 Å². The fourth-order valence-corrected chi connectivity index (χ4v) is 6.36. The van der Waals surface area contributed by atoms with E-state index >= 15 is 0 Å². The number of hydrogen-bond donors (Lipinski definition) is 0. The van der Waals surface area contributed by atoms with E-state index in [0.29, 0.717) is 11.5 Å². The fourth-order valence-electron chi connectivity index (χ4n) is 3.83. The molecule has 140 valence electrons. The highest BCUT2D eigenvalue weighted by Gasteiger charge is 2.35. The highest BCUT2D eigenvalue weighted by atomic mass is 32.2. The first-order valence-electron chi connectivity index (χ1n) is 8.94. The number of piperidine rings is 1. The molecule has 1 aromatic heterocycles. The molecule has 0 N–H and O–H groups in total. The van der Waals surface area contributed by atoms with Crippen LogP contribution in [0.25, 0.3) is 0 Å². The van der Waals surface area contributed by atoms with E-state index < -0.39 is 9.84 Å². The Morgan fingerprint density at radius 3 is 2.64 bits per heavy atom. The quantitative estimate of drug-likeness (QED) is 0.765. The number of amides is 1. The highest BCUT2D eigenvalue weighted by molar-refractivity contribution is 7.91. The number of carbonyl (C=O) groups excluding carboxylic acids is 1. The minimum atomic E-state index is -2.84. The van der Waals surface area contributed by atoms with E-state index in [1.165, 1.54) is 4.88 Å². The Hall–Kier alpha value is -0.990. The number of thiazole rings is 1. The van der Waals surface area contributed by atoms with Crippen LogP contribution in [0, 0.1) is 12.8 Å². The van der Waals surface area contributed by atoms with E-state index in [2.05, 4.69) is 9.88 Å². The van der Waals surface area contributed by atoms with Crippen LogP contribution in [0.4, 0.5) is 0 Å². The molecule has 1 aromatic rings. The second-order valence-corrected chi connectivity index (χ2v) is 10.4. The van der Waals surface area contributed by atoms with Crippen molar-refractivity contribution in [1.82, 2.24) is 14.8 Å². The summed E-state index contributed by atoms with van der Waals surface area (Å²) in [6.45, 7) is 4.40. The van der Waals surface area contributed by atoms with Crippen molar-refractivity contribution in [2.75, 3.05) is 38.2 Å². The van der Waals surface area contributed by atoms with Crippen LogP contribution in [0.15, 0.2) is 5.51 Å². The lowest BCUT2D eigenvalue weighted by atomic mass is 9.94. The Morgan fingerprint density at radius 1 is 1.36 bits per heavy atom. The van der Waals surface area contributed by atoms with Crippen molar-refractivity contribution in [2.45, 2.75) is 38.6 Å². The molecule has 6 nitrogen and oxygen atoms in total. The molecule has 2 fully saturated rings. The van der Waals surface area contributed by atoms with E-state index in [1.54, 1.807) is 11.3 Å². The van der Waals surface area contributed by atoms with Gasteiger partial charge in [0.25, 0.3) is 0 Å². The number of likely N-dealkylation sites (N-methyl/N-ethyl adjacent to an activating group) is 1. The normalized spacial score (nSPS) is 24.5. The molecule has 3 rings (SSSR count). The second kappa shape index (κ2) is 7.72. The average molecular weight is 386 g/mol.